The second kappa shape index (κ2) is 10.6. The van der Waals surface area contributed by atoms with Crippen molar-refractivity contribution >= 4 is 0 Å². The van der Waals surface area contributed by atoms with Gasteiger partial charge in [0.25, 0.3) is 0 Å². The predicted octanol–water partition coefficient (Wildman–Crippen LogP) is 2.05. The monoisotopic (exact) mass is 197 g/mol. The molecule has 0 rings (SSSR count). The van der Waals surface area contributed by atoms with E-state index in [1.165, 1.54) is 12.8 Å². The Balaban J connectivity index is 3.17. The number of ether oxygens (including phenoxy) is 1. The normalized spacial score (nSPS) is 11.9. The van der Waals surface area contributed by atoms with E-state index in [0.717, 1.165) is 32.0 Å². The number of hydrogen-bond acceptors (Lipinski definition) is 2. The largest absolute Gasteiger partial charge is 0.383 e. The summed E-state index contributed by atoms with van der Waals surface area (Å²) in [5.74, 6) is 6.75. The predicted molar refractivity (Wildman–Crippen MR) is 61.2 cm³/mol. The molecule has 2 nitrogen and oxygen atoms in total. The van der Waals surface area contributed by atoms with Crippen molar-refractivity contribution in [3.05, 3.63) is 0 Å². The van der Waals surface area contributed by atoms with Crippen molar-refractivity contribution in [3.8, 4) is 11.8 Å². The summed E-state index contributed by atoms with van der Waals surface area (Å²) in [5.41, 5.74) is 0. The lowest BCUT2D eigenvalue weighted by Crippen LogP contribution is -2.24. The zero-order chi connectivity index (χ0) is 10.6. The summed E-state index contributed by atoms with van der Waals surface area (Å²) in [6.07, 6.45) is 3.52. The highest BCUT2D eigenvalue weighted by Gasteiger charge is 1.99. The Labute approximate surface area is 88.4 Å². The minimum Gasteiger partial charge on any atom is -0.383 e. The van der Waals surface area contributed by atoms with Crippen LogP contribution in [0.4, 0.5) is 0 Å². The maximum atomic E-state index is 4.96. The summed E-state index contributed by atoms with van der Waals surface area (Å²) >= 11 is 0. The van der Waals surface area contributed by atoms with Crippen LogP contribution in [0.15, 0.2) is 0 Å². The van der Waals surface area contributed by atoms with Crippen LogP contribution in [0, 0.1) is 17.8 Å². The Hall–Kier alpha value is -0.520. The van der Waals surface area contributed by atoms with Gasteiger partial charge in [-0.3, -0.25) is 0 Å². The van der Waals surface area contributed by atoms with E-state index in [1.807, 2.05) is 6.92 Å². The van der Waals surface area contributed by atoms with E-state index in [2.05, 4.69) is 24.1 Å². The maximum absolute atomic E-state index is 4.96. The molecule has 1 unspecified atom stereocenters. The Morgan fingerprint density at radius 2 is 2.21 bits per heavy atom. The van der Waals surface area contributed by atoms with E-state index in [1.54, 1.807) is 7.11 Å². The lowest BCUT2D eigenvalue weighted by Gasteiger charge is -2.11. The van der Waals surface area contributed by atoms with Crippen molar-refractivity contribution in [3.63, 3.8) is 0 Å². The molecule has 0 bridgehead atoms. The van der Waals surface area contributed by atoms with Crippen molar-refractivity contribution < 1.29 is 4.74 Å². The third-order valence-electron chi connectivity index (χ3n) is 2.15. The SMILES string of the molecule is CC#CCCCC(C)CNCCOC. The number of methoxy groups -OCH3 is 1. The smallest absolute Gasteiger partial charge is 0.0587 e. The van der Waals surface area contributed by atoms with Crippen LogP contribution in [-0.4, -0.2) is 26.8 Å². The summed E-state index contributed by atoms with van der Waals surface area (Å²) in [7, 11) is 1.73. The molecule has 0 spiro atoms. The molecule has 14 heavy (non-hydrogen) atoms. The van der Waals surface area contributed by atoms with Gasteiger partial charge < -0.3 is 10.1 Å². The van der Waals surface area contributed by atoms with Crippen molar-refractivity contribution in [1.82, 2.24) is 5.32 Å². The number of nitrogens with one attached hydrogen (secondary N) is 1. The Morgan fingerprint density at radius 1 is 1.43 bits per heavy atom. The third kappa shape index (κ3) is 9.57. The molecule has 0 fully saturated rings. The fourth-order valence-electron chi connectivity index (χ4n) is 1.29. The Kier molecular flexibility index (Phi) is 10.2. The third-order valence-corrected chi connectivity index (χ3v) is 2.15. The zero-order valence-electron chi connectivity index (χ0n) is 9.73. The van der Waals surface area contributed by atoms with Crippen LogP contribution in [0.3, 0.4) is 0 Å². The molecular weight excluding hydrogens is 174 g/mol. The fraction of sp³-hybridized carbons (Fsp3) is 0.833. The second-order valence-electron chi connectivity index (χ2n) is 3.62. The van der Waals surface area contributed by atoms with Crippen LogP contribution >= 0.6 is 0 Å². The van der Waals surface area contributed by atoms with Crippen LogP contribution in [0.1, 0.15) is 33.1 Å². The number of unbranched alkanes of at least 4 members (excludes halogenated alkanes) is 1. The molecule has 0 aromatic carbocycles. The molecule has 0 aromatic rings. The molecule has 0 radical (unpaired) electrons. The summed E-state index contributed by atoms with van der Waals surface area (Å²) in [4.78, 5) is 0. The van der Waals surface area contributed by atoms with Gasteiger partial charge in [-0.2, -0.15) is 0 Å². The molecule has 0 saturated heterocycles. The van der Waals surface area contributed by atoms with Gasteiger partial charge >= 0.3 is 0 Å². The van der Waals surface area contributed by atoms with Gasteiger partial charge in [-0.05, 0) is 32.2 Å². The maximum Gasteiger partial charge on any atom is 0.0587 e. The summed E-state index contributed by atoms with van der Waals surface area (Å²) in [6, 6.07) is 0. The lowest BCUT2D eigenvalue weighted by molar-refractivity contribution is 0.198. The molecule has 82 valence electrons. The van der Waals surface area contributed by atoms with Crippen LogP contribution in [-0.2, 0) is 4.74 Å². The van der Waals surface area contributed by atoms with Gasteiger partial charge in [-0.15, -0.1) is 11.8 Å². The molecule has 0 aliphatic heterocycles. The van der Waals surface area contributed by atoms with E-state index < -0.39 is 0 Å². The Morgan fingerprint density at radius 3 is 2.86 bits per heavy atom. The van der Waals surface area contributed by atoms with Gasteiger partial charge in [-0.1, -0.05) is 6.92 Å². The highest BCUT2D eigenvalue weighted by atomic mass is 16.5. The van der Waals surface area contributed by atoms with Crippen molar-refractivity contribution in [1.29, 1.82) is 0 Å². The Bertz CT molecular complexity index is 169. The van der Waals surface area contributed by atoms with Crippen molar-refractivity contribution in [2.24, 2.45) is 5.92 Å². The first-order valence-corrected chi connectivity index (χ1v) is 5.40. The zero-order valence-corrected chi connectivity index (χ0v) is 9.73. The van der Waals surface area contributed by atoms with E-state index in [4.69, 9.17) is 4.74 Å². The van der Waals surface area contributed by atoms with E-state index in [0.29, 0.717) is 0 Å². The van der Waals surface area contributed by atoms with Gasteiger partial charge in [-0.25, -0.2) is 0 Å². The first kappa shape index (κ1) is 13.5. The van der Waals surface area contributed by atoms with Gasteiger partial charge in [0, 0.05) is 20.1 Å². The lowest BCUT2D eigenvalue weighted by atomic mass is 10.0. The summed E-state index contributed by atoms with van der Waals surface area (Å²) in [6.45, 7) is 7.02. The van der Waals surface area contributed by atoms with Crippen LogP contribution in [0.25, 0.3) is 0 Å². The van der Waals surface area contributed by atoms with Crippen molar-refractivity contribution in [2.45, 2.75) is 33.1 Å². The minimum atomic E-state index is 0.741. The van der Waals surface area contributed by atoms with Gasteiger partial charge in [0.1, 0.15) is 0 Å². The topological polar surface area (TPSA) is 21.3 Å². The molecule has 1 N–H and O–H groups in total. The van der Waals surface area contributed by atoms with E-state index >= 15 is 0 Å². The van der Waals surface area contributed by atoms with Crippen molar-refractivity contribution in [2.75, 3.05) is 26.8 Å². The second-order valence-corrected chi connectivity index (χ2v) is 3.62. The molecule has 0 amide bonds. The highest BCUT2D eigenvalue weighted by Crippen LogP contribution is 2.05. The quantitative estimate of drug-likeness (QED) is 0.475. The summed E-state index contributed by atoms with van der Waals surface area (Å²) < 4.78 is 4.96. The number of rotatable bonds is 8. The number of hydrogen-bond donors (Lipinski definition) is 1. The molecule has 0 aromatic heterocycles. The molecule has 0 aliphatic carbocycles. The average Bonchev–Trinajstić information content (AvgIpc) is 2.19. The molecule has 0 aliphatic rings. The van der Waals surface area contributed by atoms with Gasteiger partial charge in [0.05, 0.1) is 6.61 Å². The van der Waals surface area contributed by atoms with Crippen LogP contribution in [0.5, 0.6) is 0 Å². The first-order chi connectivity index (χ1) is 6.81. The fourth-order valence-corrected chi connectivity index (χ4v) is 1.29. The highest BCUT2D eigenvalue weighted by molar-refractivity contribution is 4.94. The standard InChI is InChI=1S/C12H23NO/c1-4-5-6-7-8-12(2)11-13-9-10-14-3/h12-13H,6-11H2,1-3H3. The molecule has 2 heteroatoms. The van der Waals surface area contributed by atoms with Gasteiger partial charge in [0.15, 0.2) is 0 Å². The molecule has 1 atom stereocenters. The minimum absolute atomic E-state index is 0.741. The summed E-state index contributed by atoms with van der Waals surface area (Å²) in [5, 5.41) is 3.37. The molecular formula is C12H23NO. The van der Waals surface area contributed by atoms with Gasteiger partial charge in [0.2, 0.25) is 0 Å². The van der Waals surface area contributed by atoms with E-state index in [9.17, 15) is 0 Å². The molecule has 0 saturated carbocycles. The molecule has 0 heterocycles. The first-order valence-electron chi connectivity index (χ1n) is 5.40. The average molecular weight is 197 g/mol. The van der Waals surface area contributed by atoms with E-state index in [-0.39, 0.29) is 0 Å². The van der Waals surface area contributed by atoms with Crippen LogP contribution in [0.2, 0.25) is 0 Å². The van der Waals surface area contributed by atoms with Crippen LogP contribution < -0.4 is 5.32 Å².